The molecular formula is C44H62OSi. The van der Waals surface area contributed by atoms with Gasteiger partial charge in [-0.15, -0.1) is 0 Å². The first kappa shape index (κ1) is 34.9. The molecule has 3 aliphatic carbocycles. The fourth-order valence-corrected chi connectivity index (χ4v) is 14.0. The number of allylic oxidation sites excluding steroid dienone is 6. The quantitative estimate of drug-likeness (QED) is 0.197. The van der Waals surface area contributed by atoms with E-state index in [1.165, 1.54) is 53.6 Å². The van der Waals surface area contributed by atoms with Gasteiger partial charge < -0.3 is 4.43 Å². The maximum atomic E-state index is 7.60. The monoisotopic (exact) mass is 634 g/mol. The Morgan fingerprint density at radius 1 is 0.848 bits per heavy atom. The van der Waals surface area contributed by atoms with E-state index < -0.39 is 8.32 Å². The van der Waals surface area contributed by atoms with E-state index in [0.29, 0.717) is 29.1 Å². The maximum Gasteiger partial charge on any atom is 0.261 e. The second kappa shape index (κ2) is 14.4. The molecule has 0 unspecified atom stereocenters. The van der Waals surface area contributed by atoms with Crippen molar-refractivity contribution < 1.29 is 4.43 Å². The molecule has 5 rings (SSSR count). The first-order valence-electron chi connectivity index (χ1n) is 18.4. The molecule has 0 saturated heterocycles. The number of hydrogen-bond donors (Lipinski definition) is 0. The average molecular weight is 635 g/mol. The zero-order valence-corrected chi connectivity index (χ0v) is 31.3. The molecule has 3 fully saturated rings. The number of benzene rings is 2. The predicted octanol–water partition coefficient (Wildman–Crippen LogP) is 11.2. The smallest absolute Gasteiger partial charge is 0.261 e. The van der Waals surface area contributed by atoms with Gasteiger partial charge in [-0.25, -0.2) is 0 Å². The fraction of sp³-hybridized carbons (Fsp3) is 0.545. The molecule has 1 nitrogen and oxygen atoms in total. The SMILES string of the molecule is C=C1CC[C@H](O[Si](c2ccccc2)(c2ccccc2)C(C)(C)C)C/C1=C\C=C1/CCC[C@]2(C)[C@@H]([C@H](C)/C=C/[C@H](C)C(C)C)CC[C@@H]12. The summed E-state index contributed by atoms with van der Waals surface area (Å²) in [6.45, 7) is 23.9. The van der Waals surface area contributed by atoms with Crippen LogP contribution in [0.1, 0.15) is 107 Å². The van der Waals surface area contributed by atoms with Crippen LogP contribution in [0.5, 0.6) is 0 Å². The van der Waals surface area contributed by atoms with E-state index >= 15 is 0 Å². The van der Waals surface area contributed by atoms with Gasteiger partial charge >= 0.3 is 0 Å². The van der Waals surface area contributed by atoms with E-state index in [1.54, 1.807) is 5.57 Å². The lowest BCUT2D eigenvalue weighted by Gasteiger charge is -2.46. The summed E-state index contributed by atoms with van der Waals surface area (Å²) in [6, 6.07) is 22.2. The minimum Gasteiger partial charge on any atom is -0.404 e. The summed E-state index contributed by atoms with van der Waals surface area (Å²) < 4.78 is 7.60. The van der Waals surface area contributed by atoms with Crippen LogP contribution in [0.4, 0.5) is 0 Å². The zero-order valence-electron chi connectivity index (χ0n) is 30.3. The van der Waals surface area contributed by atoms with Crippen LogP contribution in [0, 0.1) is 35.0 Å². The molecule has 0 radical (unpaired) electrons. The molecule has 3 aliphatic rings. The second-order valence-electron chi connectivity index (χ2n) is 16.6. The van der Waals surface area contributed by atoms with Gasteiger partial charge in [-0.3, -0.25) is 0 Å². The van der Waals surface area contributed by atoms with Crippen molar-refractivity contribution in [1.29, 1.82) is 0 Å². The van der Waals surface area contributed by atoms with Crippen LogP contribution in [-0.2, 0) is 4.43 Å². The molecule has 0 aromatic heterocycles. The molecule has 2 aromatic carbocycles. The number of fused-ring (bicyclic) bond motifs is 1. The van der Waals surface area contributed by atoms with Crippen molar-refractivity contribution in [3.8, 4) is 0 Å². The normalized spacial score (nSPS) is 29.1. The van der Waals surface area contributed by atoms with Crippen molar-refractivity contribution in [3.63, 3.8) is 0 Å². The van der Waals surface area contributed by atoms with Gasteiger partial charge in [0, 0.05) is 0 Å². The Balaban J connectivity index is 1.39. The van der Waals surface area contributed by atoms with E-state index in [2.05, 4.69) is 147 Å². The molecule has 2 heteroatoms. The van der Waals surface area contributed by atoms with E-state index in [1.807, 2.05) is 0 Å². The van der Waals surface area contributed by atoms with E-state index in [9.17, 15) is 0 Å². The van der Waals surface area contributed by atoms with Gasteiger partial charge in [-0.2, -0.15) is 0 Å². The molecule has 0 spiro atoms. The molecule has 0 amide bonds. The first-order chi connectivity index (χ1) is 21.9. The minimum absolute atomic E-state index is 0.0132. The van der Waals surface area contributed by atoms with Crippen LogP contribution in [0.15, 0.2) is 108 Å². The Kier molecular flexibility index (Phi) is 10.9. The van der Waals surface area contributed by atoms with Gasteiger partial charge in [0.25, 0.3) is 8.32 Å². The van der Waals surface area contributed by atoms with Crippen molar-refractivity contribution >= 4 is 18.7 Å². The molecule has 0 aliphatic heterocycles. The molecule has 0 heterocycles. The fourth-order valence-electron chi connectivity index (χ4n) is 9.27. The Bertz CT molecular complexity index is 1370. The van der Waals surface area contributed by atoms with Gasteiger partial charge in [0.05, 0.1) is 6.10 Å². The van der Waals surface area contributed by atoms with Crippen molar-refractivity contribution in [3.05, 3.63) is 108 Å². The van der Waals surface area contributed by atoms with Gasteiger partial charge in [-0.05, 0) is 107 Å². The van der Waals surface area contributed by atoms with Crippen LogP contribution in [0.3, 0.4) is 0 Å². The van der Waals surface area contributed by atoms with Gasteiger partial charge in [0.2, 0.25) is 0 Å². The number of rotatable bonds is 9. The topological polar surface area (TPSA) is 9.23 Å². The maximum absolute atomic E-state index is 7.60. The Morgan fingerprint density at radius 3 is 2.07 bits per heavy atom. The third-order valence-electron chi connectivity index (χ3n) is 12.4. The van der Waals surface area contributed by atoms with E-state index in [4.69, 9.17) is 4.43 Å². The predicted molar refractivity (Wildman–Crippen MR) is 202 cm³/mol. The van der Waals surface area contributed by atoms with E-state index in [-0.39, 0.29) is 11.1 Å². The molecular weight excluding hydrogens is 573 g/mol. The van der Waals surface area contributed by atoms with Gasteiger partial charge in [-0.1, -0.05) is 158 Å². The van der Waals surface area contributed by atoms with Gasteiger partial charge in [0.15, 0.2) is 0 Å². The summed E-state index contributed by atoms with van der Waals surface area (Å²) >= 11 is 0. The summed E-state index contributed by atoms with van der Waals surface area (Å²) in [5, 5.41) is 2.72. The highest BCUT2D eigenvalue weighted by Crippen LogP contribution is 2.59. The summed E-state index contributed by atoms with van der Waals surface area (Å²) in [6.07, 6.45) is 19.9. The largest absolute Gasteiger partial charge is 0.404 e. The Morgan fingerprint density at radius 2 is 1.48 bits per heavy atom. The highest BCUT2D eigenvalue weighted by Gasteiger charge is 2.52. The first-order valence-corrected chi connectivity index (χ1v) is 20.3. The molecule has 6 atom stereocenters. The van der Waals surface area contributed by atoms with Crippen LogP contribution >= 0.6 is 0 Å². The highest BCUT2D eigenvalue weighted by atomic mass is 28.4. The summed E-state index contributed by atoms with van der Waals surface area (Å²) in [5.74, 6) is 3.48. The standard InChI is InChI=1S/C44H62OSi/c1-32(2)33(3)22-23-35(5)41-28-29-42-36(17-16-30-44(41,42)9)25-26-37-31-38(27-24-34(37)4)45-46(43(6,7)8,39-18-12-10-13-19-39)40-20-14-11-15-21-40/h10-15,18-23,25-26,32-33,35,38,41-42H,4,16-17,24,27-31H2,1-3,5-9H3/b23-22+,36-25+,37-26+/t33-,35+,38-,41+,42-,44+/m0/s1. The summed E-state index contributed by atoms with van der Waals surface area (Å²) in [5.41, 5.74) is 4.81. The van der Waals surface area contributed by atoms with Crippen molar-refractivity contribution in [2.75, 3.05) is 0 Å². The summed E-state index contributed by atoms with van der Waals surface area (Å²) in [4.78, 5) is 0. The van der Waals surface area contributed by atoms with Crippen LogP contribution < -0.4 is 10.4 Å². The third-order valence-corrected chi connectivity index (χ3v) is 17.5. The number of hydrogen-bond acceptors (Lipinski definition) is 1. The van der Waals surface area contributed by atoms with Crippen LogP contribution in [0.25, 0.3) is 0 Å². The van der Waals surface area contributed by atoms with E-state index in [0.717, 1.165) is 25.2 Å². The Hall–Kier alpha value is -2.42. The lowest BCUT2D eigenvalue weighted by molar-refractivity contribution is 0.112. The average Bonchev–Trinajstić information content (AvgIpc) is 3.40. The third kappa shape index (κ3) is 7.04. The Labute approximate surface area is 283 Å². The highest BCUT2D eigenvalue weighted by molar-refractivity contribution is 6.99. The van der Waals surface area contributed by atoms with Crippen molar-refractivity contribution in [2.24, 2.45) is 35.0 Å². The van der Waals surface area contributed by atoms with Crippen molar-refractivity contribution in [1.82, 2.24) is 0 Å². The molecule has 0 N–H and O–H groups in total. The van der Waals surface area contributed by atoms with Crippen LogP contribution in [-0.4, -0.2) is 14.4 Å². The molecule has 248 valence electrons. The van der Waals surface area contributed by atoms with Crippen molar-refractivity contribution in [2.45, 2.75) is 118 Å². The molecule has 46 heavy (non-hydrogen) atoms. The molecule has 0 bridgehead atoms. The van der Waals surface area contributed by atoms with Gasteiger partial charge in [0.1, 0.15) is 0 Å². The zero-order chi connectivity index (χ0) is 33.1. The minimum atomic E-state index is -2.59. The summed E-state index contributed by atoms with van der Waals surface area (Å²) in [7, 11) is -2.59. The lowest BCUT2D eigenvalue weighted by atomic mass is 9.61. The lowest BCUT2D eigenvalue weighted by Crippen LogP contribution is -2.67. The molecule has 3 saturated carbocycles. The second-order valence-corrected chi connectivity index (χ2v) is 20.9. The van der Waals surface area contributed by atoms with Crippen LogP contribution in [0.2, 0.25) is 5.04 Å². The molecule has 2 aromatic rings.